The molecule has 6 atom stereocenters. The van der Waals surface area contributed by atoms with Crippen molar-refractivity contribution in [3.05, 3.63) is 85.1 Å². The van der Waals surface area contributed by atoms with Gasteiger partial charge in [0.25, 0.3) is 0 Å². The summed E-state index contributed by atoms with van der Waals surface area (Å²) in [7, 11) is -5.15. The van der Waals surface area contributed by atoms with E-state index in [0.29, 0.717) is 12.8 Å². The molecule has 0 saturated heterocycles. The molecule has 1 aliphatic carbocycles. The van der Waals surface area contributed by atoms with Crippen LogP contribution in [0.5, 0.6) is 0 Å². The summed E-state index contributed by atoms with van der Waals surface area (Å²) in [6.07, 6.45) is 35.2. The van der Waals surface area contributed by atoms with Crippen LogP contribution < -0.4 is 0 Å². The van der Waals surface area contributed by atoms with Crippen LogP contribution in [0.3, 0.4) is 0 Å². The van der Waals surface area contributed by atoms with E-state index < -0.39 is 75.7 Å². The van der Waals surface area contributed by atoms with Gasteiger partial charge in [-0.2, -0.15) is 0 Å². The molecule has 354 valence electrons. The predicted octanol–water partition coefficient (Wildman–Crippen LogP) is 8.89. The fraction of sp³-hybridized carbons (Fsp3) is 0.667. The molecule has 1 rings (SSSR count). The molecular formula is C48H79O13P. The van der Waals surface area contributed by atoms with Gasteiger partial charge in [-0.1, -0.05) is 150 Å². The van der Waals surface area contributed by atoms with E-state index in [2.05, 4.69) is 74.6 Å². The van der Waals surface area contributed by atoms with Crippen molar-refractivity contribution in [3.8, 4) is 0 Å². The monoisotopic (exact) mass is 895 g/mol. The molecule has 0 spiro atoms. The van der Waals surface area contributed by atoms with Crippen molar-refractivity contribution < 1.29 is 63.1 Å². The number of hydrogen-bond acceptors (Lipinski definition) is 12. The van der Waals surface area contributed by atoms with Crippen molar-refractivity contribution in [1.29, 1.82) is 0 Å². The first-order valence-corrected chi connectivity index (χ1v) is 24.4. The number of phosphoric acid groups is 1. The Morgan fingerprint density at radius 3 is 1.48 bits per heavy atom. The van der Waals surface area contributed by atoms with E-state index in [-0.39, 0.29) is 12.8 Å². The second-order valence-electron chi connectivity index (χ2n) is 15.5. The van der Waals surface area contributed by atoms with Crippen LogP contribution in [-0.2, 0) is 32.7 Å². The maximum Gasteiger partial charge on any atom is 0.472 e. The molecule has 0 aromatic carbocycles. The van der Waals surface area contributed by atoms with Gasteiger partial charge in [-0.15, -0.1) is 0 Å². The van der Waals surface area contributed by atoms with Gasteiger partial charge >= 0.3 is 19.8 Å². The summed E-state index contributed by atoms with van der Waals surface area (Å²) in [5.74, 6) is -1.26. The lowest BCUT2D eigenvalue weighted by atomic mass is 9.85. The number of unbranched alkanes of at least 4 members (excludes halogenated alkanes) is 11. The summed E-state index contributed by atoms with van der Waals surface area (Å²) >= 11 is 0. The van der Waals surface area contributed by atoms with E-state index in [4.69, 9.17) is 18.5 Å². The van der Waals surface area contributed by atoms with Gasteiger partial charge in [-0.3, -0.25) is 18.6 Å². The number of aliphatic hydroxyl groups excluding tert-OH is 5. The van der Waals surface area contributed by atoms with Gasteiger partial charge in [0.1, 0.15) is 43.2 Å². The van der Waals surface area contributed by atoms with Crippen molar-refractivity contribution in [2.75, 3.05) is 13.2 Å². The molecule has 62 heavy (non-hydrogen) atoms. The number of carbonyl (C=O) groups is 2. The molecule has 14 heteroatoms. The second kappa shape index (κ2) is 37.4. The molecule has 1 saturated carbocycles. The second-order valence-corrected chi connectivity index (χ2v) is 16.9. The molecule has 0 aromatic heterocycles. The maximum absolute atomic E-state index is 12.8. The minimum atomic E-state index is -5.15. The molecule has 0 bridgehead atoms. The van der Waals surface area contributed by atoms with Crippen LogP contribution in [0.4, 0.5) is 0 Å². The summed E-state index contributed by atoms with van der Waals surface area (Å²) in [6.45, 7) is 3.06. The zero-order valence-electron chi connectivity index (χ0n) is 37.4. The van der Waals surface area contributed by atoms with Gasteiger partial charge in [0.15, 0.2) is 6.10 Å². The van der Waals surface area contributed by atoms with Crippen molar-refractivity contribution in [1.82, 2.24) is 0 Å². The number of hydrogen-bond donors (Lipinski definition) is 6. The molecular weight excluding hydrogens is 815 g/mol. The first-order chi connectivity index (χ1) is 29.9. The molecule has 6 unspecified atom stereocenters. The van der Waals surface area contributed by atoms with Crippen LogP contribution in [0.2, 0.25) is 0 Å². The minimum absolute atomic E-state index is 0.134. The van der Waals surface area contributed by atoms with Crippen LogP contribution in [0.15, 0.2) is 85.1 Å². The van der Waals surface area contributed by atoms with Gasteiger partial charge in [-0.25, -0.2) is 4.57 Å². The number of allylic oxidation sites excluding steroid dienone is 13. The highest BCUT2D eigenvalue weighted by Crippen LogP contribution is 2.47. The molecule has 1 aliphatic rings. The lowest BCUT2D eigenvalue weighted by molar-refractivity contribution is -0.220. The smallest absolute Gasteiger partial charge is 0.462 e. The van der Waals surface area contributed by atoms with Crippen LogP contribution in [-0.4, -0.2) is 98.3 Å². The summed E-state index contributed by atoms with van der Waals surface area (Å²) in [4.78, 5) is 35.6. The highest BCUT2D eigenvalue weighted by atomic mass is 31.2. The Labute approximate surface area is 371 Å². The lowest BCUT2D eigenvalue weighted by Crippen LogP contribution is -2.64. The fourth-order valence-corrected chi connectivity index (χ4v) is 7.31. The Morgan fingerprint density at radius 2 is 0.968 bits per heavy atom. The SMILES string of the molecule is CC/C=C\C/C=C\C/C=C\C/C=C\C/C=C\CC(=O)OC(COC(=O)CCCCCCCCC/C=C\C/C=C\CCCCCC)COP(=O)(O)OC1C(O)C(O)C(O)C(O)C1O. The van der Waals surface area contributed by atoms with Gasteiger partial charge < -0.3 is 39.9 Å². The Kier molecular flexibility index (Phi) is 34.4. The lowest BCUT2D eigenvalue weighted by Gasteiger charge is -2.41. The number of ether oxygens (including phenoxy) is 2. The van der Waals surface area contributed by atoms with Crippen LogP contribution in [0.25, 0.3) is 0 Å². The Morgan fingerprint density at radius 1 is 0.532 bits per heavy atom. The summed E-state index contributed by atoms with van der Waals surface area (Å²) in [5, 5.41) is 50.1. The number of carbonyl (C=O) groups excluding carboxylic acids is 2. The Hall–Kier alpha value is -2.97. The van der Waals surface area contributed by atoms with E-state index >= 15 is 0 Å². The third-order valence-corrected chi connectivity index (χ3v) is 11.0. The first-order valence-electron chi connectivity index (χ1n) is 22.9. The predicted molar refractivity (Wildman–Crippen MR) is 244 cm³/mol. The van der Waals surface area contributed by atoms with Crippen LogP contribution in [0.1, 0.15) is 149 Å². The normalized spacial score (nSPS) is 22.6. The molecule has 1 fully saturated rings. The highest BCUT2D eigenvalue weighted by molar-refractivity contribution is 7.47. The molecule has 0 heterocycles. The van der Waals surface area contributed by atoms with Gasteiger partial charge in [0, 0.05) is 6.42 Å². The standard InChI is InChI=1S/C48H79O13P/c1-3-5-7-9-11-13-15-17-19-20-21-23-24-26-28-30-32-34-36-41(49)58-38-40(39-59-62(56,57)61-48-46(54)44(52)43(51)45(53)47(48)55)60-42(50)37-35-33-31-29-27-25-22-18-16-14-12-10-8-6-4-2/h6,8,12-15,18-20,22,27,29,33,35,40,43-48,51-55H,3-5,7,9-11,16-17,21,23-26,28,30-32,34,36-39H2,1-2H3,(H,56,57)/b8-6-,14-12-,15-13-,20-19-,22-18-,29-27-,35-33-. The number of esters is 2. The highest BCUT2D eigenvalue weighted by Gasteiger charge is 2.51. The average Bonchev–Trinajstić information content (AvgIpc) is 3.25. The zero-order valence-corrected chi connectivity index (χ0v) is 38.3. The summed E-state index contributed by atoms with van der Waals surface area (Å²) in [5.41, 5.74) is 0. The van der Waals surface area contributed by atoms with E-state index in [1.54, 1.807) is 12.2 Å². The van der Waals surface area contributed by atoms with E-state index in [1.165, 1.54) is 32.1 Å². The fourth-order valence-electron chi connectivity index (χ4n) is 6.33. The first kappa shape index (κ1) is 57.0. The quantitative estimate of drug-likeness (QED) is 0.0150. The van der Waals surface area contributed by atoms with Crippen molar-refractivity contribution >= 4 is 19.8 Å². The third kappa shape index (κ3) is 29.4. The zero-order chi connectivity index (χ0) is 45.7. The van der Waals surface area contributed by atoms with E-state index in [1.807, 2.05) is 12.2 Å². The van der Waals surface area contributed by atoms with E-state index in [9.17, 15) is 44.6 Å². The van der Waals surface area contributed by atoms with Crippen molar-refractivity contribution in [3.63, 3.8) is 0 Å². The van der Waals surface area contributed by atoms with Crippen LogP contribution in [0, 0.1) is 0 Å². The summed E-state index contributed by atoms with van der Waals surface area (Å²) < 4.78 is 33.4. The minimum Gasteiger partial charge on any atom is -0.462 e. The summed E-state index contributed by atoms with van der Waals surface area (Å²) in [6, 6.07) is 0. The number of phosphoric ester groups is 1. The molecule has 0 radical (unpaired) electrons. The van der Waals surface area contributed by atoms with E-state index in [0.717, 1.165) is 77.0 Å². The number of rotatable bonds is 36. The molecule has 0 aromatic rings. The Balaban J connectivity index is 2.52. The Bertz CT molecular complexity index is 1400. The van der Waals surface area contributed by atoms with Gasteiger partial charge in [0.05, 0.1) is 13.0 Å². The molecule has 0 amide bonds. The maximum atomic E-state index is 12.8. The largest absolute Gasteiger partial charge is 0.472 e. The molecule has 6 N–H and O–H groups in total. The molecule has 0 aliphatic heterocycles. The van der Waals surface area contributed by atoms with Gasteiger partial charge in [0.2, 0.25) is 0 Å². The average molecular weight is 895 g/mol. The number of aliphatic hydroxyl groups is 5. The van der Waals surface area contributed by atoms with Crippen molar-refractivity contribution in [2.24, 2.45) is 0 Å². The third-order valence-electron chi connectivity index (χ3n) is 10.0. The van der Waals surface area contributed by atoms with Crippen LogP contribution >= 0.6 is 7.82 Å². The molecule has 13 nitrogen and oxygen atoms in total. The van der Waals surface area contributed by atoms with Crippen molar-refractivity contribution in [2.45, 2.75) is 191 Å². The van der Waals surface area contributed by atoms with Gasteiger partial charge in [-0.05, 0) is 70.6 Å². The topological polar surface area (TPSA) is 210 Å².